The smallest absolute Gasteiger partial charge is 0.240 e. The Hall–Kier alpha value is 0.610. The Kier molecular flexibility index (Phi) is 2.27. The van der Waals surface area contributed by atoms with Crippen LogP contribution in [0.3, 0.4) is 0 Å². The number of hydrogen-bond donors (Lipinski definition) is 3. The molecular weight excluding hydrogens is 199 g/mol. The SMILES string of the molecule is OCC(O)(O)I. The zero-order valence-electron chi connectivity index (χ0n) is 2.93. The van der Waals surface area contributed by atoms with E-state index < -0.39 is 10.4 Å². The van der Waals surface area contributed by atoms with Gasteiger partial charge >= 0.3 is 0 Å². The van der Waals surface area contributed by atoms with Crippen LogP contribution in [0.5, 0.6) is 0 Å². The number of aliphatic hydroxyl groups is 3. The predicted molar refractivity (Wildman–Crippen MR) is 28.3 cm³/mol. The summed E-state index contributed by atoms with van der Waals surface area (Å²) in [4.78, 5) is 0. The minimum atomic E-state index is -1.93. The van der Waals surface area contributed by atoms with Gasteiger partial charge in [-0.05, 0) is 22.6 Å². The molecule has 0 bridgehead atoms. The van der Waals surface area contributed by atoms with E-state index in [1.807, 2.05) is 0 Å². The molecule has 0 aromatic carbocycles. The normalized spacial score (nSPS) is 12.0. The first-order valence-electron chi connectivity index (χ1n) is 1.31. The molecule has 0 rings (SSSR count). The zero-order valence-corrected chi connectivity index (χ0v) is 5.08. The van der Waals surface area contributed by atoms with E-state index in [1.165, 1.54) is 22.6 Å². The molecule has 0 saturated heterocycles. The second-order valence-electron chi connectivity index (χ2n) is 0.877. The van der Waals surface area contributed by atoms with Crippen LogP contribution >= 0.6 is 22.6 Å². The van der Waals surface area contributed by atoms with E-state index in [2.05, 4.69) is 0 Å². The van der Waals surface area contributed by atoms with Gasteiger partial charge in [-0.15, -0.1) is 0 Å². The van der Waals surface area contributed by atoms with Crippen LogP contribution in [0.15, 0.2) is 0 Å². The summed E-state index contributed by atoms with van der Waals surface area (Å²) >= 11 is 1.30. The van der Waals surface area contributed by atoms with Gasteiger partial charge in [-0.25, -0.2) is 0 Å². The molecule has 38 valence electrons. The molecule has 0 atom stereocenters. The summed E-state index contributed by atoms with van der Waals surface area (Å²) in [7, 11) is 0. The summed E-state index contributed by atoms with van der Waals surface area (Å²) in [5, 5.41) is 24.1. The highest BCUT2D eigenvalue weighted by molar-refractivity contribution is 14.1. The first-order chi connectivity index (χ1) is 2.56. The summed E-state index contributed by atoms with van der Waals surface area (Å²) in [6.07, 6.45) is 0. The van der Waals surface area contributed by atoms with Crippen LogP contribution in [0.25, 0.3) is 0 Å². The highest BCUT2D eigenvalue weighted by atomic mass is 127. The number of hydrogen-bond acceptors (Lipinski definition) is 3. The Bertz CT molecular complexity index is 38.5. The van der Waals surface area contributed by atoms with E-state index in [0.717, 1.165) is 0 Å². The van der Waals surface area contributed by atoms with Crippen LogP contribution in [0.2, 0.25) is 0 Å². The summed E-state index contributed by atoms with van der Waals surface area (Å²) in [5.41, 5.74) is 0. The number of halogens is 1. The molecule has 0 aromatic rings. The molecule has 0 aliphatic rings. The maximum Gasteiger partial charge on any atom is 0.240 e. The van der Waals surface area contributed by atoms with Crippen LogP contribution in [-0.2, 0) is 0 Å². The molecule has 0 radical (unpaired) electrons. The lowest BCUT2D eigenvalue weighted by Crippen LogP contribution is -2.22. The van der Waals surface area contributed by atoms with Crippen LogP contribution in [0.4, 0.5) is 0 Å². The van der Waals surface area contributed by atoms with E-state index in [-0.39, 0.29) is 0 Å². The molecule has 0 spiro atoms. The Morgan fingerprint density at radius 1 is 1.50 bits per heavy atom. The lowest BCUT2D eigenvalue weighted by atomic mass is 10.7. The van der Waals surface area contributed by atoms with Crippen LogP contribution in [0, 0.1) is 0 Å². The van der Waals surface area contributed by atoms with Gasteiger partial charge < -0.3 is 15.3 Å². The van der Waals surface area contributed by atoms with E-state index in [4.69, 9.17) is 15.3 Å². The van der Waals surface area contributed by atoms with Crippen LogP contribution in [-0.4, -0.2) is 25.7 Å². The molecule has 0 fully saturated rings. The van der Waals surface area contributed by atoms with Crippen molar-refractivity contribution in [2.75, 3.05) is 6.61 Å². The third-order valence-electron chi connectivity index (χ3n) is 0.201. The van der Waals surface area contributed by atoms with Gasteiger partial charge in [0.1, 0.15) is 6.61 Å². The molecule has 0 aromatic heterocycles. The average molecular weight is 204 g/mol. The number of aliphatic hydroxyl groups excluding tert-OH is 1. The van der Waals surface area contributed by atoms with Gasteiger partial charge in [0.25, 0.3) is 0 Å². The van der Waals surface area contributed by atoms with E-state index in [9.17, 15) is 0 Å². The molecule has 0 amide bonds. The van der Waals surface area contributed by atoms with E-state index in [1.54, 1.807) is 0 Å². The number of alkyl halides is 1. The topological polar surface area (TPSA) is 60.7 Å². The minimum Gasteiger partial charge on any atom is -0.390 e. The van der Waals surface area contributed by atoms with Crippen molar-refractivity contribution < 1.29 is 15.3 Å². The average Bonchev–Trinajstić information content (AvgIpc) is 1.35. The Labute approximate surface area is 48.7 Å². The Morgan fingerprint density at radius 2 is 1.67 bits per heavy atom. The Balaban J connectivity index is 3.17. The lowest BCUT2D eigenvalue weighted by molar-refractivity contribution is -0.0916. The van der Waals surface area contributed by atoms with Crippen molar-refractivity contribution in [1.82, 2.24) is 0 Å². The highest BCUT2D eigenvalue weighted by Crippen LogP contribution is 2.05. The molecule has 3 nitrogen and oxygen atoms in total. The highest BCUT2D eigenvalue weighted by Gasteiger charge is 2.13. The molecule has 3 N–H and O–H groups in total. The van der Waals surface area contributed by atoms with E-state index >= 15 is 0 Å². The molecule has 6 heavy (non-hydrogen) atoms. The van der Waals surface area contributed by atoms with Crippen LogP contribution in [0.1, 0.15) is 0 Å². The molecule has 0 saturated carbocycles. The fourth-order valence-electron chi connectivity index (χ4n) is 0. The summed E-state index contributed by atoms with van der Waals surface area (Å²) in [5.74, 6) is 0. The molecule has 4 heteroatoms. The van der Waals surface area contributed by atoms with E-state index in [0.29, 0.717) is 0 Å². The van der Waals surface area contributed by atoms with Gasteiger partial charge in [-0.2, -0.15) is 0 Å². The van der Waals surface area contributed by atoms with Crippen molar-refractivity contribution in [2.24, 2.45) is 0 Å². The molecule has 0 unspecified atom stereocenters. The molecular formula is C2H5IO3. The second-order valence-corrected chi connectivity index (χ2v) is 2.60. The summed E-state index contributed by atoms with van der Waals surface area (Å²) in [6, 6.07) is 0. The van der Waals surface area contributed by atoms with Crippen molar-refractivity contribution >= 4 is 22.6 Å². The van der Waals surface area contributed by atoms with Crippen molar-refractivity contribution in [3.05, 3.63) is 0 Å². The molecule has 0 heterocycles. The molecule has 0 aliphatic heterocycles. The summed E-state index contributed by atoms with van der Waals surface area (Å²) < 4.78 is -1.93. The quantitative estimate of drug-likeness (QED) is 0.293. The van der Waals surface area contributed by atoms with Crippen molar-refractivity contribution in [1.29, 1.82) is 0 Å². The fraction of sp³-hybridized carbons (Fsp3) is 1.00. The van der Waals surface area contributed by atoms with Gasteiger partial charge in [0.15, 0.2) is 0 Å². The maximum atomic E-state index is 8.12. The first kappa shape index (κ1) is 6.61. The fourth-order valence-corrected chi connectivity index (χ4v) is 0. The lowest BCUT2D eigenvalue weighted by Gasteiger charge is -2.06. The van der Waals surface area contributed by atoms with Gasteiger partial charge in [-0.3, -0.25) is 0 Å². The van der Waals surface area contributed by atoms with Crippen molar-refractivity contribution in [2.45, 2.75) is 3.79 Å². The Morgan fingerprint density at radius 3 is 1.67 bits per heavy atom. The zero-order chi connectivity index (χ0) is 5.21. The second kappa shape index (κ2) is 2.06. The molecule has 0 aliphatic carbocycles. The van der Waals surface area contributed by atoms with Gasteiger partial charge in [0.05, 0.1) is 0 Å². The van der Waals surface area contributed by atoms with Gasteiger partial charge in [0, 0.05) is 0 Å². The number of rotatable bonds is 1. The largest absolute Gasteiger partial charge is 0.390 e. The maximum absolute atomic E-state index is 8.12. The van der Waals surface area contributed by atoms with Crippen molar-refractivity contribution in [3.63, 3.8) is 0 Å². The standard InChI is InChI=1S/C2H5IO3/c3-2(5,6)1-4/h4-6H,1H2. The van der Waals surface area contributed by atoms with Crippen LogP contribution < -0.4 is 0 Å². The first-order valence-corrected chi connectivity index (χ1v) is 2.38. The summed E-state index contributed by atoms with van der Waals surface area (Å²) in [6.45, 7) is -0.631. The predicted octanol–water partition coefficient (Wildman–Crippen LogP) is -0.948. The van der Waals surface area contributed by atoms with Gasteiger partial charge in [0.2, 0.25) is 3.79 Å². The third-order valence-corrected chi connectivity index (χ3v) is 0.542. The monoisotopic (exact) mass is 204 g/mol. The van der Waals surface area contributed by atoms with Crippen molar-refractivity contribution in [3.8, 4) is 0 Å². The minimum absolute atomic E-state index is 0.631. The third kappa shape index (κ3) is 4.61. The van der Waals surface area contributed by atoms with Gasteiger partial charge in [-0.1, -0.05) is 0 Å².